The molecule has 1 unspecified atom stereocenters. The van der Waals surface area contributed by atoms with Gasteiger partial charge in [0.1, 0.15) is 14.9 Å². The molecule has 1 aromatic rings. The number of hydrogen-bond acceptors (Lipinski definition) is 5. The molecule has 0 saturated carbocycles. The highest BCUT2D eigenvalue weighted by Gasteiger charge is 2.17. The third kappa shape index (κ3) is 8.24. The first-order valence-electron chi connectivity index (χ1n) is 7.10. The van der Waals surface area contributed by atoms with Gasteiger partial charge in [-0.15, -0.1) is 11.3 Å². The molecule has 0 radical (unpaired) electrons. The third-order valence-electron chi connectivity index (χ3n) is 2.60. The highest BCUT2D eigenvalue weighted by atomic mass is 35.5. The Morgan fingerprint density at radius 2 is 2.24 bits per heavy atom. The van der Waals surface area contributed by atoms with E-state index in [4.69, 9.17) is 16.3 Å². The first-order valence-corrected chi connectivity index (χ1v) is 8.30. The van der Waals surface area contributed by atoms with Crippen LogP contribution in [0.15, 0.2) is 6.20 Å². The molecule has 1 rings (SSSR count). The normalized spacial score (nSPS) is 13.0. The van der Waals surface area contributed by atoms with Crippen molar-refractivity contribution >= 4 is 29.0 Å². The van der Waals surface area contributed by atoms with Crippen LogP contribution in [0.25, 0.3) is 0 Å². The van der Waals surface area contributed by atoms with E-state index in [1.807, 2.05) is 20.8 Å². The maximum Gasteiger partial charge on any atom is 0.407 e. The van der Waals surface area contributed by atoms with Crippen LogP contribution in [-0.4, -0.2) is 29.3 Å². The van der Waals surface area contributed by atoms with E-state index in [0.29, 0.717) is 17.4 Å². The molecule has 1 amide bonds. The minimum atomic E-state index is -0.477. The van der Waals surface area contributed by atoms with Crippen LogP contribution in [0, 0.1) is 0 Å². The number of nitrogens with zero attached hydrogens (tertiary/aromatic N) is 1. The van der Waals surface area contributed by atoms with Crippen molar-refractivity contribution in [3.63, 3.8) is 0 Å². The second-order valence-electron chi connectivity index (χ2n) is 5.81. The number of alkyl carbamates (subject to hydrolysis) is 1. The topological polar surface area (TPSA) is 63.2 Å². The fraction of sp³-hybridized carbons (Fsp3) is 0.714. The van der Waals surface area contributed by atoms with Gasteiger partial charge in [-0.1, -0.05) is 24.9 Å². The molecular weight excluding hydrogens is 310 g/mol. The molecule has 5 nitrogen and oxygen atoms in total. The Balaban J connectivity index is 2.37. The van der Waals surface area contributed by atoms with Crippen LogP contribution in [0.4, 0.5) is 4.79 Å². The molecule has 1 heterocycles. The lowest BCUT2D eigenvalue weighted by Gasteiger charge is -2.22. The number of aromatic nitrogens is 1. The zero-order valence-electron chi connectivity index (χ0n) is 13.0. The van der Waals surface area contributed by atoms with Crippen LogP contribution in [0.1, 0.15) is 45.5 Å². The highest BCUT2D eigenvalue weighted by Crippen LogP contribution is 2.18. The Morgan fingerprint density at radius 1 is 1.52 bits per heavy atom. The van der Waals surface area contributed by atoms with E-state index in [1.54, 1.807) is 6.20 Å². The summed E-state index contributed by atoms with van der Waals surface area (Å²) in [6, 6.07) is 0.185. The van der Waals surface area contributed by atoms with Crippen LogP contribution in [0.2, 0.25) is 4.34 Å². The predicted molar refractivity (Wildman–Crippen MR) is 86.9 cm³/mol. The van der Waals surface area contributed by atoms with Crippen molar-refractivity contribution in [3.8, 4) is 0 Å². The molecule has 0 fully saturated rings. The molecule has 2 N–H and O–H groups in total. The lowest BCUT2D eigenvalue weighted by atomic mass is 10.1. The molecule has 0 spiro atoms. The maximum atomic E-state index is 11.7. The van der Waals surface area contributed by atoms with Crippen molar-refractivity contribution in [2.75, 3.05) is 6.54 Å². The van der Waals surface area contributed by atoms with Crippen molar-refractivity contribution < 1.29 is 9.53 Å². The smallest absolute Gasteiger partial charge is 0.407 e. The van der Waals surface area contributed by atoms with Crippen molar-refractivity contribution in [3.05, 3.63) is 15.5 Å². The fourth-order valence-electron chi connectivity index (χ4n) is 1.75. The van der Waals surface area contributed by atoms with Gasteiger partial charge in [0.25, 0.3) is 0 Å². The zero-order chi connectivity index (χ0) is 15.9. The molecule has 1 aromatic heterocycles. The van der Waals surface area contributed by atoms with Crippen molar-refractivity contribution in [2.24, 2.45) is 0 Å². The number of nitrogens with one attached hydrogen (secondary N) is 2. The van der Waals surface area contributed by atoms with Crippen LogP contribution in [0.5, 0.6) is 0 Å². The number of thiazole rings is 1. The first kappa shape index (κ1) is 18.2. The summed E-state index contributed by atoms with van der Waals surface area (Å²) in [5.41, 5.74) is -0.477. The van der Waals surface area contributed by atoms with Crippen LogP contribution < -0.4 is 10.6 Å². The van der Waals surface area contributed by atoms with E-state index in [0.717, 1.165) is 17.8 Å². The molecular formula is C14H24ClN3O2S. The van der Waals surface area contributed by atoms with Crippen LogP contribution in [-0.2, 0) is 11.3 Å². The van der Waals surface area contributed by atoms with E-state index < -0.39 is 5.60 Å². The summed E-state index contributed by atoms with van der Waals surface area (Å²) < 4.78 is 5.91. The van der Waals surface area contributed by atoms with Crippen molar-refractivity contribution in [1.82, 2.24) is 15.6 Å². The second-order valence-corrected chi connectivity index (χ2v) is 7.55. The summed E-state index contributed by atoms with van der Waals surface area (Å²) in [6.07, 6.45) is 3.26. The van der Waals surface area contributed by atoms with Gasteiger partial charge in [-0.2, -0.15) is 0 Å². The van der Waals surface area contributed by atoms with Crippen molar-refractivity contribution in [2.45, 2.75) is 58.7 Å². The van der Waals surface area contributed by atoms with Crippen LogP contribution in [0.3, 0.4) is 0 Å². The molecule has 120 valence electrons. The van der Waals surface area contributed by atoms with Gasteiger partial charge in [0, 0.05) is 19.1 Å². The number of halogens is 1. The lowest BCUT2D eigenvalue weighted by molar-refractivity contribution is 0.0521. The average Bonchev–Trinajstić information content (AvgIpc) is 2.76. The number of rotatable bonds is 7. The molecule has 1 atom stereocenters. The molecule has 21 heavy (non-hydrogen) atoms. The van der Waals surface area contributed by atoms with Gasteiger partial charge in [-0.05, 0) is 27.2 Å². The molecule has 0 aliphatic rings. The van der Waals surface area contributed by atoms with Gasteiger partial charge < -0.3 is 15.4 Å². The molecule has 0 aromatic carbocycles. The summed E-state index contributed by atoms with van der Waals surface area (Å²) in [4.78, 5) is 15.9. The number of carbonyl (C=O) groups excluding carboxylic acids is 1. The zero-order valence-corrected chi connectivity index (χ0v) is 14.6. The Morgan fingerprint density at radius 3 is 2.76 bits per heavy atom. The second kappa shape index (κ2) is 8.56. The largest absolute Gasteiger partial charge is 0.444 e. The Bertz CT molecular complexity index is 446. The van der Waals surface area contributed by atoms with Gasteiger partial charge in [-0.3, -0.25) is 0 Å². The van der Waals surface area contributed by atoms with E-state index in [1.165, 1.54) is 11.3 Å². The van der Waals surface area contributed by atoms with E-state index >= 15 is 0 Å². The lowest BCUT2D eigenvalue weighted by Crippen LogP contribution is -2.42. The van der Waals surface area contributed by atoms with Gasteiger partial charge in [0.05, 0.1) is 6.20 Å². The Kier molecular flexibility index (Phi) is 7.42. The molecule has 0 saturated heterocycles. The quantitative estimate of drug-likeness (QED) is 0.800. The highest BCUT2D eigenvalue weighted by molar-refractivity contribution is 7.15. The van der Waals surface area contributed by atoms with E-state index in [-0.39, 0.29) is 12.1 Å². The maximum absolute atomic E-state index is 11.7. The first-order chi connectivity index (χ1) is 9.80. The SMILES string of the molecule is CCCC(CNC(=O)OC(C)(C)C)NCc1ncc(Cl)s1. The van der Waals surface area contributed by atoms with Gasteiger partial charge in [-0.25, -0.2) is 9.78 Å². The molecule has 0 aliphatic carbocycles. The molecule has 0 aliphatic heterocycles. The summed E-state index contributed by atoms with van der Waals surface area (Å²) in [5.74, 6) is 0. The fourth-order valence-corrected chi connectivity index (χ4v) is 2.65. The number of carbonyl (C=O) groups is 1. The Labute approximate surface area is 135 Å². The minimum Gasteiger partial charge on any atom is -0.444 e. The minimum absolute atomic E-state index is 0.185. The standard InChI is InChI=1S/C14H24ClN3O2S/c1-5-6-10(7-18-13(19)20-14(2,3)4)16-9-12-17-8-11(15)21-12/h8,10,16H,5-7,9H2,1-4H3,(H,18,19). The Hall–Kier alpha value is -0.850. The van der Waals surface area contributed by atoms with E-state index in [2.05, 4.69) is 22.5 Å². The number of hydrogen-bond donors (Lipinski definition) is 2. The summed E-state index contributed by atoms with van der Waals surface area (Å²) >= 11 is 7.32. The number of ether oxygens (including phenoxy) is 1. The molecule has 0 bridgehead atoms. The monoisotopic (exact) mass is 333 g/mol. The summed E-state index contributed by atoms with van der Waals surface area (Å²) in [6.45, 7) is 8.84. The van der Waals surface area contributed by atoms with Gasteiger partial charge in [0.15, 0.2) is 0 Å². The van der Waals surface area contributed by atoms with Gasteiger partial charge in [0.2, 0.25) is 0 Å². The third-order valence-corrected chi connectivity index (χ3v) is 3.71. The predicted octanol–water partition coefficient (Wildman–Crippen LogP) is 3.58. The summed E-state index contributed by atoms with van der Waals surface area (Å²) in [5, 5.41) is 7.13. The van der Waals surface area contributed by atoms with Crippen LogP contribution >= 0.6 is 22.9 Å². The number of amides is 1. The summed E-state index contributed by atoms with van der Waals surface area (Å²) in [7, 11) is 0. The van der Waals surface area contributed by atoms with E-state index in [9.17, 15) is 4.79 Å². The average molecular weight is 334 g/mol. The van der Waals surface area contributed by atoms with Crippen molar-refractivity contribution in [1.29, 1.82) is 0 Å². The molecule has 7 heteroatoms. The van der Waals surface area contributed by atoms with Gasteiger partial charge >= 0.3 is 6.09 Å².